The van der Waals surface area contributed by atoms with Crippen molar-refractivity contribution in [1.29, 1.82) is 0 Å². The van der Waals surface area contributed by atoms with Crippen molar-refractivity contribution in [2.45, 2.75) is 57.3 Å². The first-order chi connectivity index (χ1) is 11.6. The summed E-state index contributed by atoms with van der Waals surface area (Å²) in [7, 11) is 0. The predicted octanol–water partition coefficient (Wildman–Crippen LogP) is 3.33. The maximum Gasteiger partial charge on any atom is 0.226 e. The van der Waals surface area contributed by atoms with Gasteiger partial charge in [-0.3, -0.25) is 4.79 Å². The van der Waals surface area contributed by atoms with Crippen LogP contribution in [0.25, 0.3) is 0 Å². The van der Waals surface area contributed by atoms with E-state index in [0.717, 1.165) is 19.3 Å². The van der Waals surface area contributed by atoms with Crippen molar-refractivity contribution in [3.63, 3.8) is 0 Å². The summed E-state index contributed by atoms with van der Waals surface area (Å²) in [4.78, 5) is 13.0. The van der Waals surface area contributed by atoms with Crippen LogP contribution in [0.2, 0.25) is 0 Å². The highest BCUT2D eigenvalue weighted by Crippen LogP contribution is 2.65. The monoisotopic (exact) mass is 327 g/mol. The Morgan fingerprint density at radius 2 is 1.83 bits per heavy atom. The Kier molecular flexibility index (Phi) is 3.95. The van der Waals surface area contributed by atoms with E-state index in [1.165, 1.54) is 30.4 Å². The van der Waals surface area contributed by atoms with Crippen LogP contribution in [0.5, 0.6) is 0 Å². The topological polar surface area (TPSA) is 49.3 Å². The van der Waals surface area contributed by atoms with Crippen molar-refractivity contribution in [1.82, 2.24) is 5.32 Å². The molecular weight excluding hydrogens is 298 g/mol. The van der Waals surface area contributed by atoms with E-state index < -0.39 is 0 Å². The van der Waals surface area contributed by atoms with Crippen LogP contribution in [0.3, 0.4) is 0 Å². The number of rotatable bonds is 5. The van der Waals surface area contributed by atoms with E-state index in [1.54, 1.807) is 0 Å². The van der Waals surface area contributed by atoms with Crippen LogP contribution in [-0.4, -0.2) is 24.2 Å². The van der Waals surface area contributed by atoms with Crippen molar-refractivity contribution in [3.8, 4) is 0 Å². The molecule has 2 unspecified atom stereocenters. The zero-order valence-corrected chi connectivity index (χ0v) is 14.7. The first-order valence-corrected chi connectivity index (χ1v) is 9.52. The number of carbonyl (C=O) groups is 1. The maximum atomic E-state index is 13.0. The zero-order chi connectivity index (χ0) is 16.8. The molecule has 1 aromatic carbocycles. The normalized spacial score (nSPS) is 36.8. The molecule has 3 nitrogen and oxygen atoms in total. The minimum absolute atomic E-state index is 0.145. The molecule has 0 heterocycles. The molecule has 0 aromatic heterocycles. The lowest BCUT2D eigenvalue weighted by molar-refractivity contribution is -0.149. The van der Waals surface area contributed by atoms with Crippen LogP contribution < -0.4 is 5.32 Å². The summed E-state index contributed by atoms with van der Waals surface area (Å²) in [6.07, 6.45) is 7.65. The van der Waals surface area contributed by atoms with E-state index in [2.05, 4.69) is 36.5 Å². The Morgan fingerprint density at radius 1 is 1.17 bits per heavy atom. The first-order valence-electron chi connectivity index (χ1n) is 9.52. The van der Waals surface area contributed by atoms with E-state index in [9.17, 15) is 4.79 Å². The summed E-state index contributed by atoms with van der Waals surface area (Å²) in [6, 6.07) is 9.06. The van der Waals surface area contributed by atoms with Crippen LogP contribution in [0.4, 0.5) is 0 Å². The molecule has 2 N–H and O–H groups in total. The molecule has 4 saturated carbocycles. The largest absolute Gasteiger partial charge is 0.396 e. The van der Waals surface area contributed by atoms with Gasteiger partial charge in [-0.1, -0.05) is 29.8 Å². The minimum atomic E-state index is -0.162. The summed E-state index contributed by atoms with van der Waals surface area (Å²) in [5.74, 6) is 1.66. The molecule has 1 amide bonds. The number of amides is 1. The molecule has 0 aliphatic heterocycles. The summed E-state index contributed by atoms with van der Waals surface area (Å²) < 4.78 is 0. The second kappa shape index (κ2) is 5.87. The van der Waals surface area contributed by atoms with Gasteiger partial charge in [-0.15, -0.1) is 0 Å². The number of aliphatic hydroxyl groups excluding tert-OH is 1. The Hall–Kier alpha value is -1.35. The van der Waals surface area contributed by atoms with Crippen LogP contribution in [-0.2, 0) is 10.2 Å². The third kappa shape index (κ3) is 2.57. The molecule has 0 spiro atoms. The molecule has 130 valence electrons. The molecule has 4 fully saturated rings. The van der Waals surface area contributed by atoms with Gasteiger partial charge in [0.1, 0.15) is 0 Å². The molecule has 3 heteroatoms. The number of benzene rings is 1. The highest BCUT2D eigenvalue weighted by Gasteiger charge is 2.60. The number of nitrogens with one attached hydrogen (secondary N) is 1. The lowest BCUT2D eigenvalue weighted by Gasteiger charge is -2.61. The molecule has 0 saturated heterocycles. The SMILES string of the molecule is Cc1ccc(C23CC4CC(CC(C(=O)NCCCO)(C4)C2)C3)cc1. The van der Waals surface area contributed by atoms with Crippen LogP contribution in [0.15, 0.2) is 24.3 Å². The fourth-order valence-electron chi connectivity index (χ4n) is 6.24. The molecule has 1 aromatic rings. The Morgan fingerprint density at radius 3 is 2.46 bits per heavy atom. The van der Waals surface area contributed by atoms with Crippen molar-refractivity contribution >= 4 is 5.91 Å². The number of hydrogen-bond donors (Lipinski definition) is 2. The third-order valence-corrected chi connectivity index (χ3v) is 6.83. The summed E-state index contributed by atoms with van der Waals surface area (Å²) in [5, 5.41) is 12.1. The van der Waals surface area contributed by atoms with E-state index in [1.807, 2.05) is 0 Å². The van der Waals surface area contributed by atoms with Gasteiger partial charge in [0.2, 0.25) is 5.91 Å². The molecular formula is C21H29NO2. The maximum absolute atomic E-state index is 13.0. The molecule has 5 rings (SSSR count). The van der Waals surface area contributed by atoms with Gasteiger partial charge >= 0.3 is 0 Å². The van der Waals surface area contributed by atoms with Gasteiger partial charge in [0.15, 0.2) is 0 Å². The van der Waals surface area contributed by atoms with Gasteiger partial charge in [-0.2, -0.15) is 0 Å². The van der Waals surface area contributed by atoms with Crippen LogP contribution in [0, 0.1) is 24.2 Å². The average molecular weight is 327 g/mol. The quantitative estimate of drug-likeness (QED) is 0.815. The predicted molar refractivity (Wildman–Crippen MR) is 94.7 cm³/mol. The smallest absolute Gasteiger partial charge is 0.226 e. The van der Waals surface area contributed by atoms with Gasteiger partial charge in [0, 0.05) is 13.2 Å². The van der Waals surface area contributed by atoms with Gasteiger partial charge in [-0.05, 0) is 74.7 Å². The lowest BCUT2D eigenvalue weighted by atomic mass is 9.42. The van der Waals surface area contributed by atoms with Crippen molar-refractivity contribution in [3.05, 3.63) is 35.4 Å². The molecule has 4 bridgehead atoms. The first kappa shape index (κ1) is 16.1. The Balaban J connectivity index is 1.62. The number of aryl methyl sites for hydroxylation is 1. The standard InChI is InChI=1S/C21H29NO2/c1-15-3-5-18(6-4-15)20-10-16-9-17(11-20)13-21(12-16,14-20)19(24)22-7-2-8-23/h3-6,16-17,23H,2,7-14H2,1H3,(H,22,24). The summed E-state index contributed by atoms with van der Waals surface area (Å²) in [6.45, 7) is 2.88. The van der Waals surface area contributed by atoms with E-state index in [4.69, 9.17) is 5.11 Å². The third-order valence-electron chi connectivity index (χ3n) is 6.83. The van der Waals surface area contributed by atoms with Crippen molar-refractivity contribution in [2.75, 3.05) is 13.2 Å². The van der Waals surface area contributed by atoms with Crippen molar-refractivity contribution < 1.29 is 9.90 Å². The fraction of sp³-hybridized carbons (Fsp3) is 0.667. The van der Waals surface area contributed by atoms with Gasteiger partial charge in [0.05, 0.1) is 5.41 Å². The average Bonchev–Trinajstić information content (AvgIpc) is 2.54. The molecule has 2 atom stereocenters. The number of hydrogen-bond acceptors (Lipinski definition) is 2. The Bertz CT molecular complexity index is 607. The molecule has 4 aliphatic rings. The summed E-state index contributed by atoms with van der Waals surface area (Å²) >= 11 is 0. The molecule has 0 radical (unpaired) electrons. The highest BCUT2D eigenvalue weighted by atomic mass is 16.3. The van der Waals surface area contributed by atoms with Crippen LogP contribution >= 0.6 is 0 Å². The number of carbonyl (C=O) groups excluding carboxylic acids is 1. The van der Waals surface area contributed by atoms with E-state index >= 15 is 0 Å². The van der Waals surface area contributed by atoms with Gasteiger partial charge in [-0.25, -0.2) is 0 Å². The second-order valence-electron chi connectivity index (χ2n) is 8.72. The van der Waals surface area contributed by atoms with Gasteiger partial charge in [0.25, 0.3) is 0 Å². The van der Waals surface area contributed by atoms with Crippen molar-refractivity contribution in [2.24, 2.45) is 17.3 Å². The zero-order valence-electron chi connectivity index (χ0n) is 14.7. The van der Waals surface area contributed by atoms with Crippen LogP contribution in [0.1, 0.15) is 56.1 Å². The highest BCUT2D eigenvalue weighted by molar-refractivity contribution is 5.83. The molecule has 4 aliphatic carbocycles. The Labute approximate surface area is 144 Å². The minimum Gasteiger partial charge on any atom is -0.396 e. The number of aliphatic hydroxyl groups is 1. The molecule has 24 heavy (non-hydrogen) atoms. The fourth-order valence-corrected chi connectivity index (χ4v) is 6.24. The van der Waals surface area contributed by atoms with E-state index in [-0.39, 0.29) is 23.3 Å². The van der Waals surface area contributed by atoms with E-state index in [0.29, 0.717) is 24.8 Å². The van der Waals surface area contributed by atoms with Gasteiger partial charge < -0.3 is 10.4 Å². The summed E-state index contributed by atoms with van der Waals surface area (Å²) in [5.41, 5.74) is 2.81. The second-order valence-corrected chi connectivity index (χ2v) is 8.72. The lowest BCUT2D eigenvalue weighted by Crippen LogP contribution is -2.59.